The lowest BCUT2D eigenvalue weighted by Crippen LogP contribution is -2.27. The van der Waals surface area contributed by atoms with Crippen molar-refractivity contribution in [2.75, 3.05) is 17.6 Å². The molecular weight excluding hydrogens is 236 g/mol. The molecule has 0 saturated carbocycles. The van der Waals surface area contributed by atoms with Gasteiger partial charge in [0.2, 0.25) is 0 Å². The van der Waals surface area contributed by atoms with E-state index in [1.54, 1.807) is 18.2 Å². The fourth-order valence-corrected chi connectivity index (χ4v) is 1.94. The summed E-state index contributed by atoms with van der Waals surface area (Å²) in [5.74, 6) is 0. The first-order valence-electron chi connectivity index (χ1n) is 6.20. The topological polar surface area (TPSA) is 77.6 Å². The summed E-state index contributed by atoms with van der Waals surface area (Å²) in [6.07, 6.45) is 3.92. The van der Waals surface area contributed by atoms with Crippen LogP contribution in [0.25, 0.3) is 0 Å². The molecular formula is C15H18N4. The van der Waals surface area contributed by atoms with E-state index in [1.807, 2.05) is 12.4 Å². The lowest BCUT2D eigenvalue weighted by atomic mass is 9.86. The van der Waals surface area contributed by atoms with Crippen LogP contribution in [-0.2, 0) is 5.41 Å². The first kappa shape index (κ1) is 13.0. The Labute approximate surface area is 113 Å². The van der Waals surface area contributed by atoms with Crippen molar-refractivity contribution >= 4 is 11.4 Å². The van der Waals surface area contributed by atoms with Crippen molar-refractivity contribution < 1.29 is 0 Å². The number of nitrogens with one attached hydrogen (secondary N) is 2. The molecule has 1 aromatic heterocycles. The molecule has 0 amide bonds. The average Bonchev–Trinajstić information content (AvgIpc) is 2.92. The van der Waals surface area contributed by atoms with Gasteiger partial charge in [-0.15, -0.1) is 0 Å². The van der Waals surface area contributed by atoms with Gasteiger partial charge in [0.25, 0.3) is 0 Å². The Morgan fingerprint density at radius 2 is 2.16 bits per heavy atom. The molecule has 1 heterocycles. The lowest BCUT2D eigenvalue weighted by molar-refractivity contribution is 0.558. The van der Waals surface area contributed by atoms with Crippen LogP contribution in [0.4, 0.5) is 11.4 Å². The number of nitrogens with two attached hydrogens (primary N) is 1. The van der Waals surface area contributed by atoms with Crippen molar-refractivity contribution in [2.24, 2.45) is 0 Å². The van der Waals surface area contributed by atoms with Crippen LogP contribution in [0.5, 0.6) is 0 Å². The molecule has 2 aromatic rings. The Balaban J connectivity index is 2.13. The predicted octanol–water partition coefficient (Wildman–Crippen LogP) is 2.86. The maximum absolute atomic E-state index is 8.91. The maximum Gasteiger partial charge on any atom is 0.0992 e. The molecule has 19 heavy (non-hydrogen) atoms. The largest absolute Gasteiger partial charge is 0.397 e. The summed E-state index contributed by atoms with van der Waals surface area (Å²) in [4.78, 5) is 3.07. The zero-order chi connectivity index (χ0) is 13.9. The number of rotatable bonds is 4. The van der Waals surface area contributed by atoms with Crippen LogP contribution in [0, 0.1) is 11.3 Å². The van der Waals surface area contributed by atoms with Crippen molar-refractivity contribution in [3.63, 3.8) is 0 Å². The van der Waals surface area contributed by atoms with Gasteiger partial charge in [-0.1, -0.05) is 13.8 Å². The molecule has 0 radical (unpaired) electrons. The van der Waals surface area contributed by atoms with Gasteiger partial charge >= 0.3 is 0 Å². The third-order valence-corrected chi connectivity index (χ3v) is 3.28. The number of H-pyrrole nitrogens is 1. The van der Waals surface area contributed by atoms with Crippen LogP contribution >= 0.6 is 0 Å². The summed E-state index contributed by atoms with van der Waals surface area (Å²) in [5.41, 5.74) is 9.20. The molecule has 1 aromatic carbocycles. The molecule has 4 heteroatoms. The van der Waals surface area contributed by atoms with Crippen molar-refractivity contribution in [3.8, 4) is 6.07 Å². The Bertz CT molecular complexity index is 591. The van der Waals surface area contributed by atoms with E-state index in [-0.39, 0.29) is 5.41 Å². The molecule has 0 bridgehead atoms. The van der Waals surface area contributed by atoms with E-state index in [9.17, 15) is 0 Å². The normalized spacial score (nSPS) is 11.0. The standard InChI is InChI=1S/C15H18N4/c1-15(2,12-5-6-18-9-12)10-19-14-7-11(8-16)3-4-13(14)17/h3-7,9,18-19H,10,17H2,1-2H3. The highest BCUT2D eigenvalue weighted by Gasteiger charge is 2.21. The van der Waals surface area contributed by atoms with E-state index >= 15 is 0 Å². The van der Waals surface area contributed by atoms with Crippen molar-refractivity contribution in [1.82, 2.24) is 4.98 Å². The average molecular weight is 254 g/mol. The first-order chi connectivity index (χ1) is 9.03. The fraction of sp³-hybridized carbons (Fsp3) is 0.267. The molecule has 0 aliphatic carbocycles. The number of benzene rings is 1. The van der Waals surface area contributed by atoms with Gasteiger partial charge in [0, 0.05) is 24.4 Å². The van der Waals surface area contributed by atoms with Crippen LogP contribution in [0.15, 0.2) is 36.7 Å². The van der Waals surface area contributed by atoms with E-state index in [0.29, 0.717) is 11.3 Å². The molecule has 0 aliphatic rings. The Kier molecular flexibility index (Phi) is 3.48. The van der Waals surface area contributed by atoms with Crippen LogP contribution in [0.3, 0.4) is 0 Å². The fourth-order valence-electron chi connectivity index (χ4n) is 1.94. The minimum Gasteiger partial charge on any atom is -0.397 e. The second-order valence-electron chi connectivity index (χ2n) is 5.25. The van der Waals surface area contributed by atoms with Gasteiger partial charge in [-0.05, 0) is 29.8 Å². The van der Waals surface area contributed by atoms with Gasteiger partial charge in [0.1, 0.15) is 0 Å². The minimum absolute atomic E-state index is 0.0188. The third kappa shape index (κ3) is 2.89. The smallest absolute Gasteiger partial charge is 0.0992 e. The van der Waals surface area contributed by atoms with E-state index in [4.69, 9.17) is 11.0 Å². The Morgan fingerprint density at radius 3 is 2.79 bits per heavy atom. The van der Waals surface area contributed by atoms with Gasteiger partial charge in [-0.3, -0.25) is 0 Å². The minimum atomic E-state index is -0.0188. The molecule has 0 saturated heterocycles. The van der Waals surface area contributed by atoms with Crippen molar-refractivity contribution in [1.29, 1.82) is 5.26 Å². The van der Waals surface area contributed by atoms with Gasteiger partial charge in [0.15, 0.2) is 0 Å². The zero-order valence-corrected chi connectivity index (χ0v) is 11.2. The van der Waals surface area contributed by atoms with Crippen LogP contribution in [0.1, 0.15) is 25.0 Å². The van der Waals surface area contributed by atoms with Crippen LogP contribution in [0.2, 0.25) is 0 Å². The zero-order valence-electron chi connectivity index (χ0n) is 11.2. The maximum atomic E-state index is 8.91. The van der Waals surface area contributed by atoms with Gasteiger partial charge in [-0.25, -0.2) is 0 Å². The quantitative estimate of drug-likeness (QED) is 0.734. The highest BCUT2D eigenvalue weighted by molar-refractivity contribution is 5.68. The SMILES string of the molecule is CC(C)(CNc1cc(C#N)ccc1N)c1cc[nH]c1. The van der Waals surface area contributed by atoms with Crippen LogP contribution < -0.4 is 11.1 Å². The molecule has 4 nitrogen and oxygen atoms in total. The molecule has 0 aliphatic heterocycles. The number of nitriles is 1. The van der Waals surface area contributed by atoms with E-state index in [1.165, 1.54) is 5.56 Å². The molecule has 2 rings (SSSR count). The summed E-state index contributed by atoms with van der Waals surface area (Å²) >= 11 is 0. The number of anilines is 2. The number of aromatic nitrogens is 1. The third-order valence-electron chi connectivity index (χ3n) is 3.28. The van der Waals surface area contributed by atoms with Crippen molar-refractivity contribution in [2.45, 2.75) is 19.3 Å². The first-order valence-corrected chi connectivity index (χ1v) is 6.20. The number of hydrogen-bond donors (Lipinski definition) is 3. The molecule has 0 unspecified atom stereocenters. The summed E-state index contributed by atoms with van der Waals surface area (Å²) in [5, 5.41) is 12.2. The molecule has 0 atom stereocenters. The predicted molar refractivity (Wildman–Crippen MR) is 77.9 cm³/mol. The summed E-state index contributed by atoms with van der Waals surface area (Å²) in [6.45, 7) is 5.06. The number of nitrogen functional groups attached to an aromatic ring is 1. The second kappa shape index (κ2) is 5.07. The molecule has 0 spiro atoms. The monoisotopic (exact) mass is 254 g/mol. The summed E-state index contributed by atoms with van der Waals surface area (Å²) < 4.78 is 0. The van der Waals surface area contributed by atoms with Crippen molar-refractivity contribution in [3.05, 3.63) is 47.8 Å². The summed E-state index contributed by atoms with van der Waals surface area (Å²) in [7, 11) is 0. The van der Waals surface area contributed by atoms with Gasteiger partial charge in [0.05, 0.1) is 23.0 Å². The highest BCUT2D eigenvalue weighted by atomic mass is 14.9. The lowest BCUT2D eigenvalue weighted by Gasteiger charge is -2.25. The van der Waals surface area contributed by atoms with E-state index in [2.05, 4.69) is 36.3 Å². The molecule has 4 N–H and O–H groups in total. The van der Waals surface area contributed by atoms with Crippen LogP contribution in [-0.4, -0.2) is 11.5 Å². The molecule has 0 fully saturated rings. The van der Waals surface area contributed by atoms with E-state index < -0.39 is 0 Å². The number of aromatic amines is 1. The number of nitrogens with zero attached hydrogens (tertiary/aromatic N) is 1. The van der Waals surface area contributed by atoms with Gasteiger partial charge in [-0.2, -0.15) is 5.26 Å². The highest BCUT2D eigenvalue weighted by Crippen LogP contribution is 2.25. The van der Waals surface area contributed by atoms with Gasteiger partial charge < -0.3 is 16.0 Å². The van der Waals surface area contributed by atoms with E-state index in [0.717, 1.165) is 12.2 Å². The second-order valence-corrected chi connectivity index (χ2v) is 5.25. The number of hydrogen-bond acceptors (Lipinski definition) is 3. The Morgan fingerprint density at radius 1 is 1.37 bits per heavy atom. The summed E-state index contributed by atoms with van der Waals surface area (Å²) in [6, 6.07) is 9.44. The Hall–Kier alpha value is -2.41. The molecule has 98 valence electrons.